The Bertz CT molecular complexity index is 707. The molecule has 24 heavy (non-hydrogen) atoms. The zero-order valence-corrected chi connectivity index (χ0v) is 15.0. The van der Waals surface area contributed by atoms with Crippen LogP contribution in [0.5, 0.6) is 0 Å². The molecule has 1 aromatic heterocycles. The molecule has 2 saturated heterocycles. The lowest BCUT2D eigenvalue weighted by molar-refractivity contribution is -0.126. The average Bonchev–Trinajstić information content (AvgIpc) is 2.85. The van der Waals surface area contributed by atoms with E-state index in [0.29, 0.717) is 6.42 Å². The first-order chi connectivity index (χ1) is 11.3. The number of nitrogens with one attached hydrogen (secondary N) is 1. The van der Waals surface area contributed by atoms with Gasteiger partial charge in [0.05, 0.1) is 11.5 Å². The third-order valence-corrected chi connectivity index (χ3v) is 6.47. The Kier molecular flexibility index (Phi) is 4.76. The quantitative estimate of drug-likeness (QED) is 0.857. The summed E-state index contributed by atoms with van der Waals surface area (Å²) in [5.74, 6) is 0.913. The minimum Gasteiger partial charge on any atom is -0.352 e. The Morgan fingerprint density at radius 3 is 2.33 bits per heavy atom. The summed E-state index contributed by atoms with van der Waals surface area (Å²) in [5.41, 5.74) is 1.89. The molecule has 1 amide bonds. The van der Waals surface area contributed by atoms with E-state index in [0.717, 1.165) is 43.3 Å². The zero-order valence-electron chi connectivity index (χ0n) is 14.2. The van der Waals surface area contributed by atoms with Crippen molar-refractivity contribution in [2.24, 2.45) is 5.92 Å². The molecule has 2 aliphatic heterocycles. The van der Waals surface area contributed by atoms with E-state index in [1.807, 2.05) is 19.9 Å². The molecule has 3 heterocycles. The Balaban J connectivity index is 1.54. The summed E-state index contributed by atoms with van der Waals surface area (Å²) < 4.78 is 23.0. The number of carbonyl (C=O) groups excluding carboxylic acids is 1. The average molecular weight is 352 g/mol. The lowest BCUT2D eigenvalue weighted by Crippen LogP contribution is -2.44. The Morgan fingerprint density at radius 1 is 1.17 bits per heavy atom. The summed E-state index contributed by atoms with van der Waals surface area (Å²) in [6, 6.07) is 1.72. The molecular weight excluding hydrogens is 328 g/mol. The second-order valence-electron chi connectivity index (χ2n) is 6.82. The van der Waals surface area contributed by atoms with Crippen molar-refractivity contribution in [3.63, 3.8) is 0 Å². The Hall–Kier alpha value is -1.70. The molecule has 0 aromatic carbocycles. The van der Waals surface area contributed by atoms with Crippen LogP contribution in [-0.2, 0) is 14.6 Å². The fourth-order valence-corrected chi connectivity index (χ4v) is 5.09. The molecule has 0 unspecified atom stereocenters. The largest absolute Gasteiger partial charge is 0.352 e. The summed E-state index contributed by atoms with van der Waals surface area (Å²) in [7, 11) is -2.96. The van der Waals surface area contributed by atoms with E-state index in [-0.39, 0.29) is 29.4 Å². The Labute approximate surface area is 142 Å². The summed E-state index contributed by atoms with van der Waals surface area (Å²) in [5, 5.41) is 2.91. The number of carbonyl (C=O) groups is 1. The molecule has 2 aliphatic rings. The molecule has 0 saturated carbocycles. The smallest absolute Gasteiger partial charge is 0.225 e. The molecule has 0 aliphatic carbocycles. The molecule has 132 valence electrons. The monoisotopic (exact) mass is 352 g/mol. The first kappa shape index (κ1) is 17.1. The normalized spacial score (nSPS) is 24.1. The fraction of sp³-hybridized carbons (Fsp3) is 0.688. The molecule has 3 rings (SSSR count). The third kappa shape index (κ3) is 4.03. The van der Waals surface area contributed by atoms with E-state index < -0.39 is 9.84 Å². The number of nitrogens with zero attached hydrogens (tertiary/aromatic N) is 3. The maximum absolute atomic E-state index is 12.4. The van der Waals surface area contributed by atoms with E-state index in [9.17, 15) is 13.2 Å². The van der Waals surface area contributed by atoms with Crippen LogP contribution < -0.4 is 10.2 Å². The number of hydrogen-bond donors (Lipinski definition) is 1. The predicted octanol–water partition coefficient (Wildman–Crippen LogP) is 0.613. The van der Waals surface area contributed by atoms with Crippen molar-refractivity contribution in [2.75, 3.05) is 29.5 Å². The number of aromatic nitrogens is 2. The highest BCUT2D eigenvalue weighted by Gasteiger charge is 2.32. The topological polar surface area (TPSA) is 92.3 Å². The van der Waals surface area contributed by atoms with Crippen molar-refractivity contribution in [1.29, 1.82) is 0 Å². The first-order valence-electron chi connectivity index (χ1n) is 8.40. The van der Waals surface area contributed by atoms with Crippen LogP contribution in [0.1, 0.15) is 30.7 Å². The van der Waals surface area contributed by atoms with Gasteiger partial charge in [0.1, 0.15) is 0 Å². The van der Waals surface area contributed by atoms with Crippen LogP contribution in [0.15, 0.2) is 6.07 Å². The van der Waals surface area contributed by atoms with Crippen LogP contribution >= 0.6 is 0 Å². The van der Waals surface area contributed by atoms with E-state index in [2.05, 4.69) is 20.2 Å². The van der Waals surface area contributed by atoms with Crippen LogP contribution in [0.4, 0.5) is 5.95 Å². The maximum atomic E-state index is 12.4. The number of sulfone groups is 1. The van der Waals surface area contributed by atoms with Crippen LogP contribution in [0.25, 0.3) is 0 Å². The molecule has 8 heteroatoms. The highest BCUT2D eigenvalue weighted by molar-refractivity contribution is 7.91. The highest BCUT2D eigenvalue weighted by atomic mass is 32.2. The summed E-state index contributed by atoms with van der Waals surface area (Å²) in [6.45, 7) is 5.38. The predicted molar refractivity (Wildman–Crippen MR) is 91.6 cm³/mol. The van der Waals surface area contributed by atoms with Gasteiger partial charge in [-0.1, -0.05) is 0 Å². The first-order valence-corrected chi connectivity index (χ1v) is 10.2. The van der Waals surface area contributed by atoms with Gasteiger partial charge in [0.25, 0.3) is 0 Å². The highest BCUT2D eigenvalue weighted by Crippen LogP contribution is 2.22. The van der Waals surface area contributed by atoms with Gasteiger partial charge in [0, 0.05) is 36.4 Å². The van der Waals surface area contributed by atoms with Gasteiger partial charge in [0.15, 0.2) is 9.84 Å². The lowest BCUT2D eigenvalue weighted by atomic mass is 9.95. The molecule has 1 atom stereocenters. The van der Waals surface area contributed by atoms with Gasteiger partial charge in [-0.2, -0.15) is 0 Å². The number of anilines is 1. The van der Waals surface area contributed by atoms with Crippen molar-refractivity contribution < 1.29 is 13.2 Å². The van der Waals surface area contributed by atoms with Gasteiger partial charge in [-0.25, -0.2) is 18.4 Å². The molecule has 1 aromatic rings. The Morgan fingerprint density at radius 2 is 1.79 bits per heavy atom. The number of amides is 1. The molecule has 0 radical (unpaired) electrons. The van der Waals surface area contributed by atoms with Crippen molar-refractivity contribution in [3.8, 4) is 0 Å². The number of hydrogen-bond acceptors (Lipinski definition) is 6. The van der Waals surface area contributed by atoms with Gasteiger partial charge in [-0.15, -0.1) is 0 Å². The van der Waals surface area contributed by atoms with Crippen molar-refractivity contribution in [2.45, 2.75) is 39.2 Å². The minimum atomic E-state index is -2.96. The van der Waals surface area contributed by atoms with Crippen LogP contribution in [0, 0.1) is 19.8 Å². The lowest BCUT2D eigenvalue weighted by Gasteiger charge is -2.32. The summed E-state index contributed by atoms with van der Waals surface area (Å²) in [6.07, 6.45) is 2.01. The van der Waals surface area contributed by atoms with Gasteiger partial charge >= 0.3 is 0 Å². The number of aryl methyl sites for hydroxylation is 2. The second kappa shape index (κ2) is 6.66. The van der Waals surface area contributed by atoms with Crippen molar-refractivity contribution >= 4 is 21.7 Å². The standard InChI is InChI=1S/C16H24N4O3S/c1-11-9-12(2)18-16(17-11)20-6-3-13(4-7-20)15(21)19-14-5-8-24(22,23)10-14/h9,13-14H,3-8,10H2,1-2H3,(H,19,21)/t14-/m0/s1. The van der Waals surface area contributed by atoms with E-state index in [1.165, 1.54) is 0 Å². The fourth-order valence-electron chi connectivity index (χ4n) is 3.42. The van der Waals surface area contributed by atoms with E-state index in [1.54, 1.807) is 0 Å². The molecule has 0 bridgehead atoms. The number of rotatable bonds is 3. The zero-order chi connectivity index (χ0) is 17.3. The molecule has 0 spiro atoms. The molecule has 2 fully saturated rings. The van der Waals surface area contributed by atoms with Gasteiger partial charge in [0.2, 0.25) is 11.9 Å². The SMILES string of the molecule is Cc1cc(C)nc(N2CCC(C(=O)N[C@H]3CCS(=O)(=O)C3)CC2)n1. The van der Waals surface area contributed by atoms with Crippen molar-refractivity contribution in [1.82, 2.24) is 15.3 Å². The molecule has 7 nitrogen and oxygen atoms in total. The van der Waals surface area contributed by atoms with Crippen LogP contribution in [-0.4, -0.2) is 54.9 Å². The van der Waals surface area contributed by atoms with Crippen LogP contribution in [0.3, 0.4) is 0 Å². The molecule has 1 N–H and O–H groups in total. The van der Waals surface area contributed by atoms with Crippen molar-refractivity contribution in [3.05, 3.63) is 17.5 Å². The van der Waals surface area contributed by atoms with Crippen LogP contribution in [0.2, 0.25) is 0 Å². The second-order valence-corrected chi connectivity index (χ2v) is 9.05. The summed E-state index contributed by atoms with van der Waals surface area (Å²) >= 11 is 0. The van der Waals surface area contributed by atoms with Gasteiger partial charge < -0.3 is 10.2 Å². The van der Waals surface area contributed by atoms with Gasteiger partial charge in [-0.05, 0) is 39.2 Å². The number of piperidine rings is 1. The van der Waals surface area contributed by atoms with E-state index in [4.69, 9.17) is 0 Å². The summed E-state index contributed by atoms with van der Waals surface area (Å²) in [4.78, 5) is 23.4. The van der Waals surface area contributed by atoms with E-state index >= 15 is 0 Å². The maximum Gasteiger partial charge on any atom is 0.225 e. The van der Waals surface area contributed by atoms with Gasteiger partial charge in [-0.3, -0.25) is 4.79 Å². The minimum absolute atomic E-state index is 0.0157. The molecular formula is C16H24N4O3S. The third-order valence-electron chi connectivity index (χ3n) is 4.70.